The van der Waals surface area contributed by atoms with Crippen molar-refractivity contribution in [2.45, 2.75) is 33.2 Å². The molecule has 0 aromatic heterocycles. The lowest BCUT2D eigenvalue weighted by Gasteiger charge is -2.27. The van der Waals surface area contributed by atoms with E-state index < -0.39 is 6.04 Å². The van der Waals surface area contributed by atoms with Gasteiger partial charge in [-0.25, -0.2) is 0 Å². The molecule has 0 saturated heterocycles. The fourth-order valence-electron chi connectivity index (χ4n) is 3.46. The number of anilines is 2. The molecule has 5 heteroatoms. The van der Waals surface area contributed by atoms with Gasteiger partial charge >= 0.3 is 0 Å². The van der Waals surface area contributed by atoms with Gasteiger partial charge in [0.15, 0.2) is 0 Å². The number of carbonyl (C=O) groups excluding carboxylic acids is 2. The monoisotopic (exact) mass is 403 g/mol. The number of hydrogen-bond acceptors (Lipinski definition) is 3. The smallest absolute Gasteiger partial charge is 0.241 e. The number of fused-ring (bicyclic) bond motifs is 1. The molecule has 3 aromatic carbocycles. The molecule has 156 valence electrons. The summed E-state index contributed by atoms with van der Waals surface area (Å²) in [5.74, 6) is -0.245. The summed E-state index contributed by atoms with van der Waals surface area (Å²) in [6, 6.07) is 21.1. The van der Waals surface area contributed by atoms with Gasteiger partial charge in [-0.15, -0.1) is 0 Å². The van der Waals surface area contributed by atoms with Crippen molar-refractivity contribution in [3.05, 3.63) is 72.3 Å². The SMILES string of the molecule is CCCN(CC(=O)Nc1ccccc1C)C(C)C(=O)Nc1ccc2ccccc2c1. The van der Waals surface area contributed by atoms with Crippen molar-refractivity contribution in [3.63, 3.8) is 0 Å². The lowest BCUT2D eigenvalue weighted by molar-refractivity contribution is -0.123. The van der Waals surface area contributed by atoms with Gasteiger partial charge in [0.1, 0.15) is 0 Å². The maximum atomic E-state index is 12.9. The second-order valence-corrected chi connectivity index (χ2v) is 7.56. The fraction of sp³-hybridized carbons (Fsp3) is 0.280. The number of benzene rings is 3. The molecule has 0 radical (unpaired) electrons. The zero-order valence-electron chi connectivity index (χ0n) is 17.8. The van der Waals surface area contributed by atoms with E-state index in [9.17, 15) is 9.59 Å². The molecule has 0 spiro atoms. The van der Waals surface area contributed by atoms with Crippen molar-refractivity contribution in [1.29, 1.82) is 0 Å². The molecule has 5 nitrogen and oxygen atoms in total. The Labute approximate surface area is 178 Å². The van der Waals surface area contributed by atoms with Crippen molar-refractivity contribution < 1.29 is 9.59 Å². The Morgan fingerprint density at radius 3 is 2.37 bits per heavy atom. The zero-order chi connectivity index (χ0) is 21.5. The van der Waals surface area contributed by atoms with Crippen molar-refractivity contribution in [3.8, 4) is 0 Å². The maximum Gasteiger partial charge on any atom is 0.241 e. The van der Waals surface area contributed by atoms with Crippen LogP contribution in [0.15, 0.2) is 66.7 Å². The highest BCUT2D eigenvalue weighted by Crippen LogP contribution is 2.19. The van der Waals surface area contributed by atoms with Gasteiger partial charge in [-0.05, 0) is 61.3 Å². The van der Waals surface area contributed by atoms with Crippen LogP contribution >= 0.6 is 0 Å². The van der Waals surface area contributed by atoms with E-state index >= 15 is 0 Å². The molecule has 0 aliphatic carbocycles. The van der Waals surface area contributed by atoms with Crippen LogP contribution in [0.4, 0.5) is 11.4 Å². The Morgan fingerprint density at radius 2 is 1.63 bits per heavy atom. The van der Waals surface area contributed by atoms with E-state index in [4.69, 9.17) is 0 Å². The first-order valence-electron chi connectivity index (χ1n) is 10.4. The number of nitrogens with one attached hydrogen (secondary N) is 2. The van der Waals surface area contributed by atoms with Gasteiger partial charge in [-0.2, -0.15) is 0 Å². The molecule has 3 aromatic rings. The maximum absolute atomic E-state index is 12.9. The van der Waals surface area contributed by atoms with Crippen LogP contribution in [0.2, 0.25) is 0 Å². The molecule has 2 amide bonds. The number of rotatable bonds is 8. The molecule has 0 heterocycles. The molecule has 0 bridgehead atoms. The van der Waals surface area contributed by atoms with E-state index in [0.29, 0.717) is 6.54 Å². The number of hydrogen-bond donors (Lipinski definition) is 2. The number of amides is 2. The molecule has 30 heavy (non-hydrogen) atoms. The highest BCUT2D eigenvalue weighted by molar-refractivity contribution is 5.98. The molecule has 0 saturated carbocycles. The molecule has 0 aliphatic heterocycles. The second kappa shape index (κ2) is 10.0. The summed E-state index contributed by atoms with van der Waals surface area (Å²) in [6.07, 6.45) is 0.852. The molecule has 0 aliphatic rings. The van der Waals surface area contributed by atoms with Gasteiger partial charge in [0.2, 0.25) is 11.8 Å². The second-order valence-electron chi connectivity index (χ2n) is 7.56. The average Bonchev–Trinajstić information content (AvgIpc) is 2.74. The van der Waals surface area contributed by atoms with Crippen molar-refractivity contribution in [2.75, 3.05) is 23.7 Å². The molecule has 0 fully saturated rings. The highest BCUT2D eigenvalue weighted by Gasteiger charge is 2.23. The molecule has 2 N–H and O–H groups in total. The van der Waals surface area contributed by atoms with Crippen LogP contribution in [0.5, 0.6) is 0 Å². The summed E-state index contributed by atoms with van der Waals surface area (Å²) in [5, 5.41) is 8.15. The fourth-order valence-corrected chi connectivity index (χ4v) is 3.46. The van der Waals surface area contributed by atoms with Crippen LogP contribution in [0.3, 0.4) is 0 Å². The Morgan fingerprint density at radius 1 is 0.933 bits per heavy atom. The van der Waals surface area contributed by atoms with Gasteiger partial charge in [-0.1, -0.05) is 55.5 Å². The third-order valence-corrected chi connectivity index (χ3v) is 5.22. The number of para-hydroxylation sites is 1. The van der Waals surface area contributed by atoms with E-state index in [1.807, 2.05) is 92.4 Å². The zero-order valence-corrected chi connectivity index (χ0v) is 17.8. The number of nitrogens with zero attached hydrogens (tertiary/aromatic N) is 1. The average molecular weight is 404 g/mol. The number of aryl methyl sites for hydroxylation is 1. The topological polar surface area (TPSA) is 61.4 Å². The first-order valence-corrected chi connectivity index (χ1v) is 10.4. The van der Waals surface area contributed by atoms with Crippen LogP contribution in [-0.4, -0.2) is 35.8 Å². The Hall–Kier alpha value is -3.18. The Bertz CT molecular complexity index is 1030. The Kier molecular flexibility index (Phi) is 7.20. The van der Waals surface area contributed by atoms with Crippen molar-refractivity contribution >= 4 is 34.0 Å². The largest absolute Gasteiger partial charge is 0.325 e. The van der Waals surface area contributed by atoms with Gasteiger partial charge in [-0.3, -0.25) is 14.5 Å². The first-order chi connectivity index (χ1) is 14.5. The molecular formula is C25H29N3O2. The quantitative estimate of drug-likeness (QED) is 0.566. The normalized spacial score (nSPS) is 12.0. The highest BCUT2D eigenvalue weighted by atomic mass is 16.2. The van der Waals surface area contributed by atoms with Gasteiger partial charge in [0.05, 0.1) is 12.6 Å². The summed E-state index contributed by atoms with van der Waals surface area (Å²) in [5.41, 5.74) is 2.56. The molecular weight excluding hydrogens is 374 g/mol. The molecule has 3 rings (SSSR count). The Balaban J connectivity index is 1.65. The van der Waals surface area contributed by atoms with Gasteiger partial charge in [0, 0.05) is 11.4 Å². The van der Waals surface area contributed by atoms with Crippen LogP contribution in [0.1, 0.15) is 25.8 Å². The van der Waals surface area contributed by atoms with Gasteiger partial charge in [0.25, 0.3) is 0 Å². The lowest BCUT2D eigenvalue weighted by Crippen LogP contribution is -2.46. The van der Waals surface area contributed by atoms with E-state index in [-0.39, 0.29) is 18.4 Å². The van der Waals surface area contributed by atoms with Crippen molar-refractivity contribution in [1.82, 2.24) is 4.90 Å². The standard InChI is InChI=1S/C25H29N3O2/c1-4-15-28(17-24(29)27-23-12-8-5-9-18(23)2)19(3)25(30)26-22-14-13-20-10-6-7-11-21(20)16-22/h5-14,16,19H,4,15,17H2,1-3H3,(H,26,30)(H,27,29). The molecule has 1 unspecified atom stereocenters. The van der Waals surface area contributed by atoms with Crippen molar-refractivity contribution in [2.24, 2.45) is 0 Å². The van der Waals surface area contributed by atoms with Crippen LogP contribution < -0.4 is 10.6 Å². The number of carbonyl (C=O) groups is 2. The third kappa shape index (κ3) is 5.45. The minimum absolute atomic E-state index is 0.122. The van der Waals surface area contributed by atoms with Crippen LogP contribution in [-0.2, 0) is 9.59 Å². The summed E-state index contributed by atoms with van der Waals surface area (Å²) >= 11 is 0. The first kappa shape index (κ1) is 21.5. The predicted octanol–water partition coefficient (Wildman–Crippen LogP) is 4.83. The third-order valence-electron chi connectivity index (χ3n) is 5.22. The summed E-state index contributed by atoms with van der Waals surface area (Å²) < 4.78 is 0. The summed E-state index contributed by atoms with van der Waals surface area (Å²) in [7, 11) is 0. The lowest BCUT2D eigenvalue weighted by atomic mass is 10.1. The van der Waals surface area contributed by atoms with Crippen LogP contribution in [0.25, 0.3) is 10.8 Å². The minimum atomic E-state index is -0.431. The summed E-state index contributed by atoms with van der Waals surface area (Å²) in [6.45, 7) is 6.66. The van der Waals surface area contributed by atoms with E-state index in [0.717, 1.165) is 34.1 Å². The molecule has 1 atom stereocenters. The van der Waals surface area contributed by atoms with Gasteiger partial charge < -0.3 is 10.6 Å². The van der Waals surface area contributed by atoms with E-state index in [2.05, 4.69) is 10.6 Å². The minimum Gasteiger partial charge on any atom is -0.325 e. The predicted molar refractivity (Wildman–Crippen MR) is 124 cm³/mol. The van der Waals surface area contributed by atoms with Crippen LogP contribution in [0, 0.1) is 6.92 Å². The van der Waals surface area contributed by atoms with E-state index in [1.165, 1.54) is 0 Å². The summed E-state index contributed by atoms with van der Waals surface area (Å²) in [4.78, 5) is 27.4. The van der Waals surface area contributed by atoms with E-state index in [1.54, 1.807) is 0 Å².